The number of hydrogen-bond donors (Lipinski definition) is 1. The summed E-state index contributed by atoms with van der Waals surface area (Å²) < 4.78 is 4.12. The number of anilines is 1. The van der Waals surface area contributed by atoms with Gasteiger partial charge in [0.25, 0.3) is 0 Å². The van der Waals surface area contributed by atoms with E-state index in [2.05, 4.69) is 67.9 Å². The summed E-state index contributed by atoms with van der Waals surface area (Å²) in [5.41, 5.74) is 4.93. The molecule has 0 amide bonds. The molecular formula is C22H28N8. The number of nitrogens with one attached hydrogen (secondary N) is 1. The minimum absolute atomic E-state index is 0.328. The first-order chi connectivity index (χ1) is 14.5. The van der Waals surface area contributed by atoms with E-state index in [1.54, 1.807) is 0 Å². The Bertz CT molecular complexity index is 1200. The Balaban J connectivity index is 1.47. The van der Waals surface area contributed by atoms with Crippen molar-refractivity contribution in [3.8, 4) is 11.1 Å². The lowest BCUT2D eigenvalue weighted by Gasteiger charge is -2.29. The molecule has 5 heterocycles. The van der Waals surface area contributed by atoms with Gasteiger partial charge in [0.15, 0.2) is 5.65 Å². The number of imidazole rings is 1. The number of nitrogens with zero attached hydrogens (tertiary/aromatic N) is 7. The van der Waals surface area contributed by atoms with Gasteiger partial charge in [-0.3, -0.25) is 0 Å². The molecule has 1 aliphatic rings. The summed E-state index contributed by atoms with van der Waals surface area (Å²) in [5.74, 6) is 1.67. The van der Waals surface area contributed by atoms with Crippen LogP contribution < -0.4 is 5.32 Å². The third-order valence-electron chi connectivity index (χ3n) is 6.02. The molecule has 0 bridgehead atoms. The highest BCUT2D eigenvalue weighted by molar-refractivity contribution is 5.85. The zero-order valence-electron chi connectivity index (χ0n) is 18.0. The molecule has 4 aromatic rings. The van der Waals surface area contributed by atoms with Crippen LogP contribution >= 0.6 is 0 Å². The summed E-state index contributed by atoms with van der Waals surface area (Å²) in [6, 6.07) is 5.01. The van der Waals surface area contributed by atoms with Crippen molar-refractivity contribution in [3.05, 3.63) is 36.5 Å². The van der Waals surface area contributed by atoms with Gasteiger partial charge in [-0.25, -0.2) is 19.5 Å². The highest BCUT2D eigenvalue weighted by Crippen LogP contribution is 2.29. The molecule has 0 unspecified atom stereocenters. The fourth-order valence-electron chi connectivity index (χ4n) is 4.44. The Labute approximate surface area is 176 Å². The molecule has 1 saturated heterocycles. The van der Waals surface area contributed by atoms with Gasteiger partial charge >= 0.3 is 0 Å². The number of rotatable bonds is 4. The Hall–Kier alpha value is -3.00. The zero-order chi connectivity index (χ0) is 20.8. The van der Waals surface area contributed by atoms with Crippen molar-refractivity contribution >= 4 is 22.6 Å². The van der Waals surface area contributed by atoms with Crippen molar-refractivity contribution in [1.29, 1.82) is 0 Å². The van der Waals surface area contributed by atoms with Crippen LogP contribution in [0, 0.1) is 6.92 Å². The zero-order valence-corrected chi connectivity index (χ0v) is 18.0. The normalized spacial score (nSPS) is 16.2. The maximum atomic E-state index is 4.69. The van der Waals surface area contributed by atoms with Crippen LogP contribution in [0.5, 0.6) is 0 Å². The van der Waals surface area contributed by atoms with Crippen molar-refractivity contribution in [1.82, 2.24) is 34.0 Å². The fourth-order valence-corrected chi connectivity index (χ4v) is 4.44. The summed E-state index contributed by atoms with van der Waals surface area (Å²) in [6.45, 7) is 8.58. The third-order valence-corrected chi connectivity index (χ3v) is 6.02. The van der Waals surface area contributed by atoms with Crippen LogP contribution in [0.2, 0.25) is 0 Å². The lowest BCUT2D eigenvalue weighted by atomic mass is 10.1. The van der Waals surface area contributed by atoms with Gasteiger partial charge in [0.05, 0.1) is 17.2 Å². The van der Waals surface area contributed by atoms with Crippen molar-refractivity contribution in [2.24, 2.45) is 0 Å². The summed E-state index contributed by atoms with van der Waals surface area (Å²) >= 11 is 0. The van der Waals surface area contributed by atoms with Gasteiger partial charge < -0.3 is 14.8 Å². The van der Waals surface area contributed by atoms with E-state index in [0.29, 0.717) is 18.0 Å². The molecular weight excluding hydrogens is 376 g/mol. The van der Waals surface area contributed by atoms with E-state index in [4.69, 9.17) is 0 Å². The number of likely N-dealkylation sites (tertiary alicyclic amines) is 1. The first-order valence-electron chi connectivity index (χ1n) is 10.6. The van der Waals surface area contributed by atoms with Crippen molar-refractivity contribution < 1.29 is 0 Å². The Morgan fingerprint density at radius 2 is 1.90 bits per heavy atom. The minimum atomic E-state index is 0.328. The molecule has 0 radical (unpaired) electrons. The van der Waals surface area contributed by atoms with E-state index in [1.165, 1.54) is 0 Å². The lowest BCUT2D eigenvalue weighted by Crippen LogP contribution is -2.37. The minimum Gasteiger partial charge on any atom is -0.350 e. The maximum absolute atomic E-state index is 4.69. The summed E-state index contributed by atoms with van der Waals surface area (Å²) in [5, 5.41) is 8.19. The standard InChI is InChI=1S/C22H28N8/c1-14(2)30-15(3)25-21-19(30)11-16(12-23-21)18-7-10-29-20(18)13-24-22(27-29)26-17-5-8-28(4)9-6-17/h7,10-14,17H,5-6,8-9H2,1-4H3,(H,26,27). The van der Waals surface area contributed by atoms with E-state index in [9.17, 15) is 0 Å². The van der Waals surface area contributed by atoms with Gasteiger partial charge in [0.1, 0.15) is 5.82 Å². The molecule has 0 aromatic carbocycles. The van der Waals surface area contributed by atoms with E-state index in [-0.39, 0.29) is 0 Å². The third kappa shape index (κ3) is 3.31. The molecule has 0 saturated carbocycles. The lowest BCUT2D eigenvalue weighted by molar-refractivity contribution is 0.263. The quantitative estimate of drug-likeness (QED) is 0.561. The fraction of sp³-hybridized carbons (Fsp3) is 0.455. The van der Waals surface area contributed by atoms with Gasteiger partial charge in [0, 0.05) is 35.6 Å². The first kappa shape index (κ1) is 19.0. The predicted octanol–water partition coefficient (Wildman–Crippen LogP) is 3.54. The van der Waals surface area contributed by atoms with Crippen LogP contribution in [0.4, 0.5) is 5.95 Å². The van der Waals surface area contributed by atoms with Gasteiger partial charge in [-0.2, -0.15) is 0 Å². The second-order valence-corrected chi connectivity index (χ2v) is 8.55. The average molecular weight is 405 g/mol. The summed E-state index contributed by atoms with van der Waals surface area (Å²) in [6.07, 6.45) is 8.00. The van der Waals surface area contributed by atoms with Crippen molar-refractivity contribution in [2.45, 2.75) is 45.7 Å². The molecule has 1 aliphatic heterocycles. The molecule has 5 rings (SSSR count). The van der Waals surface area contributed by atoms with Gasteiger partial charge in [-0.15, -0.1) is 5.10 Å². The molecule has 1 N–H and O–H groups in total. The molecule has 156 valence electrons. The van der Waals surface area contributed by atoms with Crippen LogP contribution in [0.15, 0.2) is 30.7 Å². The monoisotopic (exact) mass is 404 g/mol. The van der Waals surface area contributed by atoms with Gasteiger partial charge in [0.2, 0.25) is 5.95 Å². The molecule has 30 heavy (non-hydrogen) atoms. The summed E-state index contributed by atoms with van der Waals surface area (Å²) in [4.78, 5) is 16.2. The number of pyridine rings is 1. The first-order valence-corrected chi connectivity index (χ1v) is 10.6. The highest BCUT2D eigenvalue weighted by Gasteiger charge is 2.18. The number of piperidine rings is 1. The molecule has 4 aromatic heterocycles. The van der Waals surface area contributed by atoms with Crippen molar-refractivity contribution in [3.63, 3.8) is 0 Å². The maximum Gasteiger partial charge on any atom is 0.241 e. The Morgan fingerprint density at radius 3 is 2.67 bits per heavy atom. The predicted molar refractivity (Wildman–Crippen MR) is 119 cm³/mol. The van der Waals surface area contributed by atoms with E-state index >= 15 is 0 Å². The summed E-state index contributed by atoms with van der Waals surface area (Å²) in [7, 11) is 2.17. The smallest absolute Gasteiger partial charge is 0.241 e. The molecule has 0 spiro atoms. The van der Waals surface area contributed by atoms with Crippen LogP contribution in [-0.4, -0.2) is 60.2 Å². The van der Waals surface area contributed by atoms with Gasteiger partial charge in [-0.1, -0.05) is 0 Å². The molecule has 8 nitrogen and oxygen atoms in total. The molecule has 0 atom stereocenters. The Morgan fingerprint density at radius 1 is 1.10 bits per heavy atom. The molecule has 8 heteroatoms. The van der Waals surface area contributed by atoms with Crippen LogP contribution in [-0.2, 0) is 0 Å². The number of hydrogen-bond acceptors (Lipinski definition) is 6. The van der Waals surface area contributed by atoms with Crippen LogP contribution in [0.25, 0.3) is 27.8 Å². The SMILES string of the molecule is Cc1nc2ncc(-c3ccn4nc(NC5CCN(C)CC5)ncc34)cc2n1C(C)C. The topological polar surface area (TPSA) is 76.2 Å². The van der Waals surface area contributed by atoms with E-state index in [1.807, 2.05) is 30.0 Å². The van der Waals surface area contributed by atoms with Gasteiger partial charge in [-0.05, 0) is 65.9 Å². The van der Waals surface area contributed by atoms with Crippen LogP contribution in [0.1, 0.15) is 38.6 Å². The number of aromatic nitrogens is 6. The average Bonchev–Trinajstić information content (AvgIpc) is 3.28. The van der Waals surface area contributed by atoms with E-state index in [0.717, 1.165) is 59.6 Å². The second kappa shape index (κ2) is 7.36. The number of fused-ring (bicyclic) bond motifs is 2. The van der Waals surface area contributed by atoms with Crippen molar-refractivity contribution in [2.75, 3.05) is 25.5 Å². The highest BCUT2D eigenvalue weighted by atomic mass is 15.3. The molecule has 1 fully saturated rings. The largest absolute Gasteiger partial charge is 0.350 e. The molecule has 0 aliphatic carbocycles. The number of aryl methyl sites for hydroxylation is 1. The second-order valence-electron chi connectivity index (χ2n) is 8.55. The van der Waals surface area contributed by atoms with Crippen LogP contribution in [0.3, 0.4) is 0 Å². The Kier molecular flexibility index (Phi) is 4.66. The van der Waals surface area contributed by atoms with E-state index < -0.39 is 0 Å².